The molecule has 56 heavy (non-hydrogen) atoms. The van der Waals surface area contributed by atoms with E-state index in [1.165, 1.54) is 12.5 Å². The number of carboxylic acid groups (broad SMARTS) is 2. The van der Waals surface area contributed by atoms with Crippen molar-refractivity contribution in [1.82, 2.24) is 41.9 Å². The zero-order valence-electron chi connectivity index (χ0n) is 31.6. The first-order valence-corrected chi connectivity index (χ1v) is 17.7. The van der Waals surface area contributed by atoms with Crippen LogP contribution in [0.5, 0.6) is 0 Å². The minimum Gasteiger partial charge on any atom is -0.481 e. The van der Waals surface area contributed by atoms with Gasteiger partial charge in [-0.2, -0.15) is 0 Å². The molecule has 0 unspecified atom stereocenters. The summed E-state index contributed by atoms with van der Waals surface area (Å²) in [6, 6.07) is -10.8. The molecule has 0 aliphatic heterocycles. The summed E-state index contributed by atoms with van der Waals surface area (Å²) in [7, 11) is 0. The normalized spacial score (nSPS) is 15.4. The van der Waals surface area contributed by atoms with Gasteiger partial charge in [0.1, 0.15) is 36.3 Å². The highest BCUT2D eigenvalue weighted by Crippen LogP contribution is 2.11. The largest absolute Gasteiger partial charge is 0.481 e. The number of aliphatic carboxylic acids is 2. The van der Waals surface area contributed by atoms with Crippen LogP contribution in [-0.2, 0) is 49.6 Å². The molecule has 0 saturated heterocycles. The van der Waals surface area contributed by atoms with Crippen LogP contribution in [-0.4, -0.2) is 139 Å². The maximum Gasteiger partial charge on any atom is 0.326 e. The van der Waals surface area contributed by atoms with Crippen molar-refractivity contribution in [2.45, 2.75) is 109 Å². The molecule has 23 heteroatoms. The molecule has 1 heterocycles. The molecule has 0 bridgehead atoms. The molecule has 0 saturated carbocycles. The Labute approximate surface area is 321 Å². The maximum absolute atomic E-state index is 13.4. The lowest BCUT2D eigenvalue weighted by atomic mass is 9.97. The number of aromatic nitrogens is 2. The van der Waals surface area contributed by atoms with Crippen LogP contribution in [0.1, 0.15) is 65.5 Å². The summed E-state index contributed by atoms with van der Waals surface area (Å²) in [4.78, 5) is 120. The van der Waals surface area contributed by atoms with Crippen LogP contribution in [0.15, 0.2) is 12.5 Å². The first-order chi connectivity index (χ1) is 26.2. The molecule has 0 radical (unpaired) electrons. The van der Waals surface area contributed by atoms with Crippen molar-refractivity contribution in [2.75, 3.05) is 13.2 Å². The van der Waals surface area contributed by atoms with Crippen LogP contribution in [0.2, 0.25) is 0 Å². The molecule has 0 aliphatic carbocycles. The number of carbonyl (C=O) groups is 9. The fraction of sp³-hybridized carbons (Fsp3) is 0.636. The van der Waals surface area contributed by atoms with Crippen LogP contribution < -0.4 is 43.4 Å². The molecule has 1 aromatic heterocycles. The van der Waals surface area contributed by atoms with Crippen molar-refractivity contribution in [3.63, 3.8) is 0 Å². The van der Waals surface area contributed by atoms with Crippen LogP contribution in [0.25, 0.3) is 0 Å². The van der Waals surface area contributed by atoms with Crippen LogP contribution in [0.4, 0.5) is 0 Å². The number of aliphatic hydroxyl groups excluding tert-OH is 2. The summed E-state index contributed by atoms with van der Waals surface area (Å²) in [6.07, 6.45) is 1.38. The van der Waals surface area contributed by atoms with E-state index >= 15 is 0 Å². The Morgan fingerprint density at radius 1 is 0.732 bits per heavy atom. The van der Waals surface area contributed by atoms with E-state index in [0.717, 1.165) is 0 Å². The number of aliphatic hydroxyl groups is 2. The quantitative estimate of drug-likeness (QED) is 0.0418. The standard InChI is InChI=1S/C33H54N10O13/c1-5-16(4)26(43-31(53)23(13-45)41-27(49)18(34)9-17-11-36-14-37-17)32(54)42-22(12-44)30(52)40-21(10-25(47)48)29(51)39-20(8-15(2)3)28(50)38-19(33(55)56)6-7-24(35)46/h11,14-16,18-23,26,44-45H,5-10,12-13,34H2,1-4H3,(H2,35,46)(H,36,37)(H,38,50)(H,39,51)(H,40,52)(H,41,49)(H,42,54)(H,43,53)(H,47,48)(H,55,56)/t16-,18-,19-,20-,21-,22-,23-,26-/m0/s1. The number of H-pyrrole nitrogens is 1. The lowest BCUT2D eigenvalue weighted by molar-refractivity contribution is -0.143. The van der Waals surface area contributed by atoms with Crippen molar-refractivity contribution in [3.8, 4) is 0 Å². The van der Waals surface area contributed by atoms with Gasteiger partial charge in [0.05, 0.1) is 37.7 Å². The SMILES string of the molecule is CC[C@H](C)[C@H](NC(=O)[C@H](CO)NC(=O)[C@@H](N)Cc1c[nH]cn1)C(=O)N[C@@H](CO)C(=O)N[C@@H](CC(=O)O)C(=O)N[C@@H](CC(C)C)C(=O)N[C@@H](CCC(N)=O)C(=O)O. The molecule has 0 spiro atoms. The molecule has 0 aromatic carbocycles. The number of carboxylic acids is 2. The van der Waals surface area contributed by atoms with E-state index in [2.05, 4.69) is 41.9 Å². The third-order valence-corrected chi connectivity index (χ3v) is 8.39. The maximum atomic E-state index is 13.4. The average molecular weight is 799 g/mol. The van der Waals surface area contributed by atoms with Gasteiger partial charge in [-0.3, -0.25) is 38.4 Å². The van der Waals surface area contributed by atoms with Gasteiger partial charge in [0.25, 0.3) is 0 Å². The van der Waals surface area contributed by atoms with E-state index in [1.54, 1.807) is 27.7 Å². The predicted octanol–water partition coefficient (Wildman–Crippen LogP) is -4.91. The third-order valence-electron chi connectivity index (χ3n) is 8.39. The highest BCUT2D eigenvalue weighted by atomic mass is 16.4. The van der Waals surface area contributed by atoms with E-state index in [1.807, 2.05) is 0 Å². The molecular weight excluding hydrogens is 744 g/mol. The minimum atomic E-state index is -1.88. The summed E-state index contributed by atoms with van der Waals surface area (Å²) in [5.41, 5.74) is 11.4. The summed E-state index contributed by atoms with van der Waals surface area (Å²) in [5.74, 6) is -10.9. The summed E-state index contributed by atoms with van der Waals surface area (Å²) in [6.45, 7) is 4.65. The Balaban J connectivity index is 3.12. The number of carbonyl (C=O) groups excluding carboxylic acids is 7. The lowest BCUT2D eigenvalue weighted by Crippen LogP contribution is -2.62. The molecule has 15 N–H and O–H groups in total. The fourth-order valence-corrected chi connectivity index (χ4v) is 5.05. The number of nitrogens with one attached hydrogen (secondary N) is 7. The summed E-state index contributed by atoms with van der Waals surface area (Å²) in [5, 5.41) is 52.4. The topological polar surface area (TPSA) is 387 Å². The first-order valence-electron chi connectivity index (χ1n) is 17.7. The highest BCUT2D eigenvalue weighted by Gasteiger charge is 2.35. The van der Waals surface area contributed by atoms with Gasteiger partial charge < -0.3 is 68.8 Å². The van der Waals surface area contributed by atoms with Gasteiger partial charge in [-0.05, 0) is 24.7 Å². The second-order valence-corrected chi connectivity index (χ2v) is 13.5. The van der Waals surface area contributed by atoms with Crippen LogP contribution in [0.3, 0.4) is 0 Å². The number of hydrogen-bond acceptors (Lipinski definition) is 13. The number of amides is 7. The van der Waals surface area contributed by atoms with Crippen molar-refractivity contribution < 1.29 is 63.6 Å². The summed E-state index contributed by atoms with van der Waals surface area (Å²) < 4.78 is 0. The van der Waals surface area contributed by atoms with Gasteiger partial charge in [-0.15, -0.1) is 0 Å². The third kappa shape index (κ3) is 16.8. The van der Waals surface area contributed by atoms with Gasteiger partial charge in [0.15, 0.2) is 0 Å². The molecular formula is C33H54N10O13. The Hall–Kier alpha value is -5.68. The van der Waals surface area contributed by atoms with Crippen molar-refractivity contribution in [2.24, 2.45) is 23.3 Å². The molecule has 0 aliphatic rings. The Morgan fingerprint density at radius 2 is 1.23 bits per heavy atom. The highest BCUT2D eigenvalue weighted by molar-refractivity contribution is 5.98. The Kier molecular flexibility index (Phi) is 20.7. The van der Waals surface area contributed by atoms with E-state index in [4.69, 9.17) is 11.5 Å². The predicted molar refractivity (Wildman–Crippen MR) is 193 cm³/mol. The van der Waals surface area contributed by atoms with E-state index in [-0.39, 0.29) is 31.6 Å². The van der Waals surface area contributed by atoms with Crippen molar-refractivity contribution in [1.29, 1.82) is 0 Å². The van der Waals surface area contributed by atoms with Gasteiger partial charge in [0, 0.05) is 19.0 Å². The average Bonchev–Trinajstić information content (AvgIpc) is 3.64. The minimum absolute atomic E-state index is 0.00729. The monoisotopic (exact) mass is 798 g/mol. The molecule has 23 nitrogen and oxygen atoms in total. The van der Waals surface area contributed by atoms with Gasteiger partial charge in [-0.25, -0.2) is 9.78 Å². The van der Waals surface area contributed by atoms with Gasteiger partial charge in [-0.1, -0.05) is 34.1 Å². The fourth-order valence-electron chi connectivity index (χ4n) is 5.05. The zero-order chi connectivity index (χ0) is 42.7. The molecule has 314 valence electrons. The second-order valence-electron chi connectivity index (χ2n) is 13.5. The molecule has 1 aromatic rings. The van der Waals surface area contributed by atoms with E-state index in [0.29, 0.717) is 12.1 Å². The van der Waals surface area contributed by atoms with Crippen molar-refractivity contribution in [3.05, 3.63) is 18.2 Å². The molecule has 1 rings (SSSR count). The number of rotatable bonds is 26. The molecule has 8 atom stereocenters. The van der Waals surface area contributed by atoms with E-state index in [9.17, 15) is 63.6 Å². The smallest absolute Gasteiger partial charge is 0.326 e. The zero-order valence-corrected chi connectivity index (χ0v) is 31.6. The number of aromatic amines is 1. The number of imidazole rings is 1. The molecule has 0 fully saturated rings. The van der Waals surface area contributed by atoms with Crippen LogP contribution in [0, 0.1) is 11.8 Å². The van der Waals surface area contributed by atoms with Crippen LogP contribution >= 0.6 is 0 Å². The Morgan fingerprint density at radius 3 is 1.71 bits per heavy atom. The molecule has 7 amide bonds. The first kappa shape index (κ1) is 48.3. The number of nitrogens with zero attached hydrogens (tertiary/aromatic N) is 1. The summed E-state index contributed by atoms with van der Waals surface area (Å²) >= 11 is 0. The second kappa shape index (κ2) is 24.0. The van der Waals surface area contributed by atoms with Gasteiger partial charge >= 0.3 is 11.9 Å². The van der Waals surface area contributed by atoms with Gasteiger partial charge in [0.2, 0.25) is 41.4 Å². The lowest BCUT2D eigenvalue weighted by Gasteiger charge is -2.28. The number of primary amides is 1. The van der Waals surface area contributed by atoms with E-state index < -0.39 is 121 Å². The Bertz CT molecular complexity index is 1520. The number of nitrogens with two attached hydrogens (primary N) is 2. The van der Waals surface area contributed by atoms with Crippen molar-refractivity contribution >= 4 is 53.3 Å². The number of hydrogen-bond donors (Lipinski definition) is 13.